The molecule has 8 heteroatoms. The minimum absolute atomic E-state index is 0.0537. The van der Waals surface area contributed by atoms with Gasteiger partial charge in [0.2, 0.25) is 6.79 Å². The molecule has 6 rings (SSSR count). The van der Waals surface area contributed by atoms with Crippen molar-refractivity contribution in [3.8, 4) is 11.5 Å². The van der Waals surface area contributed by atoms with Crippen LogP contribution in [0.25, 0.3) is 0 Å². The Morgan fingerprint density at radius 2 is 1.80 bits per heavy atom. The lowest BCUT2D eigenvalue weighted by molar-refractivity contribution is -0.196. The van der Waals surface area contributed by atoms with E-state index in [1.165, 1.54) is 19.1 Å². The number of hydrogen-bond donors (Lipinski definition) is 2. The molecule has 1 heterocycles. The van der Waals surface area contributed by atoms with Crippen molar-refractivity contribution in [3.05, 3.63) is 17.7 Å². The molecular formula is C22H25NO7. The van der Waals surface area contributed by atoms with Crippen LogP contribution in [0.2, 0.25) is 0 Å². The molecule has 4 atom stereocenters. The number of ketones is 1. The average molecular weight is 415 g/mol. The summed E-state index contributed by atoms with van der Waals surface area (Å²) < 4.78 is 16.0. The molecule has 4 aliphatic carbocycles. The molecule has 1 aromatic carbocycles. The van der Waals surface area contributed by atoms with Crippen LogP contribution >= 0.6 is 0 Å². The highest BCUT2D eigenvalue weighted by atomic mass is 16.7. The van der Waals surface area contributed by atoms with Crippen LogP contribution in [0.5, 0.6) is 11.5 Å². The Hall–Kier alpha value is -2.61. The number of ether oxygens (including phenoxy) is 3. The van der Waals surface area contributed by atoms with Crippen molar-refractivity contribution in [1.29, 1.82) is 0 Å². The second kappa shape index (κ2) is 6.70. The topological polar surface area (TPSA) is 111 Å². The van der Waals surface area contributed by atoms with Gasteiger partial charge in [-0.25, -0.2) is 0 Å². The molecule has 4 fully saturated rings. The average Bonchev–Trinajstić information content (AvgIpc) is 3.10. The van der Waals surface area contributed by atoms with Crippen LogP contribution in [-0.4, -0.2) is 41.8 Å². The first-order valence-corrected chi connectivity index (χ1v) is 10.4. The van der Waals surface area contributed by atoms with E-state index in [4.69, 9.17) is 14.2 Å². The molecule has 160 valence electrons. The number of anilines is 1. The number of rotatable bonds is 5. The van der Waals surface area contributed by atoms with Crippen molar-refractivity contribution < 1.29 is 33.7 Å². The van der Waals surface area contributed by atoms with Crippen LogP contribution in [-0.2, 0) is 14.3 Å². The lowest BCUT2D eigenvalue weighted by atomic mass is 9.48. The fourth-order valence-corrected chi connectivity index (χ4v) is 6.26. The second-order valence-corrected chi connectivity index (χ2v) is 9.40. The molecule has 0 radical (unpaired) electrons. The minimum Gasteiger partial charge on any atom is -0.455 e. The molecule has 4 saturated carbocycles. The molecule has 4 bridgehead atoms. The van der Waals surface area contributed by atoms with Crippen LogP contribution in [0.3, 0.4) is 0 Å². The molecule has 1 aromatic rings. The van der Waals surface area contributed by atoms with Gasteiger partial charge in [0.05, 0.1) is 16.7 Å². The fourth-order valence-electron chi connectivity index (χ4n) is 6.26. The Labute approximate surface area is 173 Å². The first-order chi connectivity index (χ1) is 14.3. The summed E-state index contributed by atoms with van der Waals surface area (Å²) in [5.41, 5.74) is -0.865. The van der Waals surface area contributed by atoms with E-state index < -0.39 is 29.5 Å². The number of carbonyl (C=O) groups excluding carboxylic acids is 3. The molecule has 30 heavy (non-hydrogen) atoms. The highest BCUT2D eigenvalue weighted by Gasteiger charge is 2.60. The van der Waals surface area contributed by atoms with Gasteiger partial charge in [-0.05, 0) is 63.4 Å². The highest BCUT2D eigenvalue weighted by Crippen LogP contribution is 2.62. The molecule has 1 aliphatic heterocycles. The zero-order valence-electron chi connectivity index (χ0n) is 16.9. The Morgan fingerprint density at radius 1 is 1.13 bits per heavy atom. The monoisotopic (exact) mass is 415 g/mol. The van der Waals surface area contributed by atoms with Gasteiger partial charge >= 0.3 is 5.97 Å². The van der Waals surface area contributed by atoms with E-state index in [1.807, 2.05) is 0 Å². The summed E-state index contributed by atoms with van der Waals surface area (Å²) in [5.74, 6) is 0.422. The van der Waals surface area contributed by atoms with Crippen LogP contribution in [0, 0.1) is 17.3 Å². The highest BCUT2D eigenvalue weighted by molar-refractivity contribution is 6.05. The molecular weight excluding hydrogens is 390 g/mol. The standard InChI is InChI=1S/C22H25NO7/c1-12(24)15-3-17-18(30-11-29-17)4-16(15)23-19(25)9-28-20(26)21-5-13-2-14(6-21)8-22(27,7-13)10-21/h3-4,13-14,27H,2,5-11H2,1H3,(H,23,25)/t13-,14+,21?,22?. The van der Waals surface area contributed by atoms with Gasteiger partial charge < -0.3 is 24.6 Å². The lowest BCUT2D eigenvalue weighted by Crippen LogP contribution is -2.58. The largest absolute Gasteiger partial charge is 0.455 e. The Morgan fingerprint density at radius 3 is 2.43 bits per heavy atom. The van der Waals surface area contributed by atoms with E-state index in [-0.39, 0.29) is 18.3 Å². The van der Waals surface area contributed by atoms with E-state index >= 15 is 0 Å². The summed E-state index contributed by atoms with van der Waals surface area (Å²) in [4.78, 5) is 37.3. The molecule has 0 aromatic heterocycles. The second-order valence-electron chi connectivity index (χ2n) is 9.40. The predicted octanol–water partition coefficient (Wildman–Crippen LogP) is 2.43. The molecule has 1 amide bonds. The zero-order chi connectivity index (χ0) is 21.1. The third kappa shape index (κ3) is 3.23. The molecule has 5 aliphatic rings. The molecule has 0 saturated heterocycles. The number of hydrogen-bond acceptors (Lipinski definition) is 7. The first-order valence-electron chi connectivity index (χ1n) is 10.4. The van der Waals surface area contributed by atoms with Crippen molar-refractivity contribution in [1.82, 2.24) is 0 Å². The summed E-state index contributed by atoms with van der Waals surface area (Å²) >= 11 is 0. The van der Waals surface area contributed by atoms with E-state index in [0.717, 1.165) is 32.1 Å². The number of esters is 1. The zero-order valence-corrected chi connectivity index (χ0v) is 16.9. The SMILES string of the molecule is CC(=O)c1cc2c(cc1NC(=O)COC(=O)C13C[C@@H]4C[C@@H](CC(O)(C4)C1)C3)OCO2. The number of carbonyl (C=O) groups is 3. The number of fused-ring (bicyclic) bond motifs is 1. The summed E-state index contributed by atoms with van der Waals surface area (Å²) in [7, 11) is 0. The molecule has 2 unspecified atom stereocenters. The summed E-state index contributed by atoms with van der Waals surface area (Å²) in [6.45, 7) is 1.00. The Balaban J connectivity index is 1.25. The third-order valence-electron chi connectivity index (χ3n) is 6.96. The Bertz CT molecular complexity index is 926. The maximum absolute atomic E-state index is 12.9. The van der Waals surface area contributed by atoms with Crippen molar-refractivity contribution >= 4 is 23.3 Å². The minimum atomic E-state index is -0.770. The number of benzene rings is 1. The van der Waals surface area contributed by atoms with Gasteiger partial charge in [-0.3, -0.25) is 14.4 Å². The van der Waals surface area contributed by atoms with Gasteiger partial charge in [0.1, 0.15) is 0 Å². The van der Waals surface area contributed by atoms with Gasteiger partial charge in [-0.1, -0.05) is 0 Å². The van der Waals surface area contributed by atoms with Crippen LogP contribution in [0.15, 0.2) is 12.1 Å². The van der Waals surface area contributed by atoms with Crippen molar-refractivity contribution in [2.75, 3.05) is 18.7 Å². The van der Waals surface area contributed by atoms with E-state index in [0.29, 0.717) is 35.3 Å². The number of nitrogens with one attached hydrogen (secondary N) is 1. The maximum atomic E-state index is 12.9. The van der Waals surface area contributed by atoms with Crippen molar-refractivity contribution in [3.63, 3.8) is 0 Å². The summed E-state index contributed by atoms with van der Waals surface area (Å²) in [5, 5.41) is 13.4. The number of aliphatic hydroxyl groups is 1. The normalized spacial score (nSPS) is 32.7. The summed E-state index contributed by atoms with van der Waals surface area (Å²) in [6, 6.07) is 3.07. The smallest absolute Gasteiger partial charge is 0.312 e. The van der Waals surface area contributed by atoms with Crippen LogP contribution in [0.4, 0.5) is 5.69 Å². The predicted molar refractivity (Wildman–Crippen MR) is 104 cm³/mol. The van der Waals surface area contributed by atoms with E-state index in [9.17, 15) is 19.5 Å². The van der Waals surface area contributed by atoms with Gasteiger partial charge in [0.15, 0.2) is 23.9 Å². The fraction of sp³-hybridized carbons (Fsp3) is 0.591. The summed E-state index contributed by atoms with van der Waals surface area (Å²) in [6.07, 6.45) is 4.46. The van der Waals surface area contributed by atoms with E-state index in [2.05, 4.69) is 5.32 Å². The van der Waals surface area contributed by atoms with Gasteiger partial charge in [0.25, 0.3) is 5.91 Å². The van der Waals surface area contributed by atoms with Crippen LogP contribution in [0.1, 0.15) is 55.8 Å². The Kier molecular flexibility index (Phi) is 4.32. The van der Waals surface area contributed by atoms with Gasteiger partial charge in [-0.2, -0.15) is 0 Å². The van der Waals surface area contributed by atoms with Gasteiger partial charge in [0, 0.05) is 11.6 Å². The third-order valence-corrected chi connectivity index (χ3v) is 6.96. The molecule has 8 nitrogen and oxygen atoms in total. The maximum Gasteiger partial charge on any atom is 0.312 e. The number of Topliss-reactive ketones (excluding diaryl/α,β-unsaturated/α-hetero) is 1. The molecule has 2 N–H and O–H groups in total. The van der Waals surface area contributed by atoms with Crippen molar-refractivity contribution in [2.24, 2.45) is 17.3 Å². The van der Waals surface area contributed by atoms with Gasteiger partial charge in [-0.15, -0.1) is 0 Å². The first kappa shape index (κ1) is 19.4. The quantitative estimate of drug-likeness (QED) is 0.561. The number of amides is 1. The molecule has 0 spiro atoms. The van der Waals surface area contributed by atoms with E-state index in [1.54, 1.807) is 0 Å². The van der Waals surface area contributed by atoms with Crippen molar-refractivity contribution in [2.45, 2.75) is 51.0 Å². The lowest BCUT2D eigenvalue weighted by Gasteiger charge is -2.58. The van der Waals surface area contributed by atoms with Crippen LogP contribution < -0.4 is 14.8 Å².